The Bertz CT molecular complexity index is 896. The number of halogens is 4. The molecule has 0 saturated carbocycles. The molecule has 0 fully saturated rings. The fourth-order valence-electron chi connectivity index (χ4n) is 2.55. The van der Waals surface area contributed by atoms with Gasteiger partial charge in [0.15, 0.2) is 0 Å². The average Bonchev–Trinajstić information content (AvgIpc) is 2.96. The second kappa shape index (κ2) is 8.75. The van der Waals surface area contributed by atoms with Gasteiger partial charge < -0.3 is 26.6 Å². The van der Waals surface area contributed by atoms with Crippen LogP contribution in [0.3, 0.4) is 0 Å². The molecule has 0 N–H and O–H groups in total. The van der Waals surface area contributed by atoms with Gasteiger partial charge in [-0.25, -0.2) is 0 Å². The van der Waals surface area contributed by atoms with Gasteiger partial charge in [-0.1, -0.05) is 24.3 Å². The molecule has 0 aliphatic carbocycles. The zero-order chi connectivity index (χ0) is 20.0. The van der Waals surface area contributed by atoms with E-state index in [2.05, 4.69) is 52.8 Å². The minimum absolute atomic E-state index is 0.875. The third-order valence-corrected chi connectivity index (χ3v) is 3.78. The van der Waals surface area contributed by atoms with Crippen molar-refractivity contribution in [2.45, 2.75) is 13.5 Å². The first kappa shape index (κ1) is 20.5. The van der Waals surface area contributed by atoms with E-state index in [0.717, 1.165) is 29.1 Å². The van der Waals surface area contributed by atoms with E-state index < -0.39 is 7.25 Å². The van der Waals surface area contributed by atoms with Crippen molar-refractivity contribution in [2.75, 3.05) is 19.0 Å². The molecule has 0 spiro atoms. The van der Waals surface area contributed by atoms with Gasteiger partial charge in [-0.2, -0.15) is 4.57 Å². The molecule has 0 aliphatic rings. The summed E-state index contributed by atoms with van der Waals surface area (Å²) >= 11 is 0. The number of anilines is 1. The maximum absolute atomic E-state index is 9.75. The third kappa shape index (κ3) is 6.16. The molecule has 2 aromatic carbocycles. The average molecular weight is 380 g/mol. The summed E-state index contributed by atoms with van der Waals surface area (Å²) in [7, 11) is -1.91. The van der Waals surface area contributed by atoms with Crippen LogP contribution in [-0.2, 0) is 6.54 Å². The summed E-state index contributed by atoms with van der Waals surface area (Å²) in [5.74, 6) is 0.875. The van der Waals surface area contributed by atoms with Crippen molar-refractivity contribution in [1.29, 1.82) is 0 Å². The Morgan fingerprint density at radius 1 is 0.963 bits per heavy atom. The van der Waals surface area contributed by atoms with Crippen LogP contribution in [0.2, 0.25) is 0 Å². The first-order valence-corrected chi connectivity index (χ1v) is 8.43. The Hall–Kier alpha value is -2.77. The third-order valence-electron chi connectivity index (χ3n) is 3.78. The van der Waals surface area contributed by atoms with Gasteiger partial charge in [0.25, 0.3) is 5.52 Å². The largest absolute Gasteiger partial charge is 0.673 e. The zero-order valence-corrected chi connectivity index (χ0v) is 15.4. The molecule has 0 bridgehead atoms. The lowest BCUT2D eigenvalue weighted by molar-refractivity contribution is -0.674. The van der Waals surface area contributed by atoms with Gasteiger partial charge in [0, 0.05) is 25.8 Å². The first-order valence-electron chi connectivity index (χ1n) is 8.43. The number of fused-ring (bicyclic) bond motifs is 1. The molecular weight excluding hydrogens is 359 g/mol. The maximum atomic E-state index is 9.75. The highest BCUT2D eigenvalue weighted by Gasteiger charge is 2.20. The first-order chi connectivity index (χ1) is 12.7. The number of aryl methyl sites for hydroxylation is 1. The normalized spacial score (nSPS) is 11.5. The molecule has 3 aromatic rings. The highest BCUT2D eigenvalue weighted by molar-refractivity contribution is 6.50. The highest BCUT2D eigenvalue weighted by atomic mass is 19.5. The van der Waals surface area contributed by atoms with Crippen molar-refractivity contribution >= 4 is 36.2 Å². The molecule has 27 heavy (non-hydrogen) atoms. The van der Waals surface area contributed by atoms with Crippen molar-refractivity contribution in [3.8, 4) is 0 Å². The summed E-state index contributed by atoms with van der Waals surface area (Å²) in [6.07, 6.45) is 4.12. The van der Waals surface area contributed by atoms with Gasteiger partial charge in [-0.3, -0.25) is 0 Å². The summed E-state index contributed by atoms with van der Waals surface area (Å²) < 4.78 is 47.1. The predicted molar refractivity (Wildman–Crippen MR) is 102 cm³/mol. The molecular formula is C19H21BF4N2O. The number of aromatic nitrogens is 1. The topological polar surface area (TPSA) is 20.3 Å². The van der Waals surface area contributed by atoms with E-state index in [1.54, 1.807) is 0 Å². The molecule has 0 aliphatic heterocycles. The van der Waals surface area contributed by atoms with E-state index in [1.165, 1.54) is 5.69 Å². The van der Waals surface area contributed by atoms with Crippen LogP contribution in [0.4, 0.5) is 23.0 Å². The Morgan fingerprint density at radius 3 is 2.11 bits per heavy atom. The molecule has 0 radical (unpaired) electrons. The Morgan fingerprint density at radius 2 is 1.56 bits per heavy atom. The van der Waals surface area contributed by atoms with Crippen LogP contribution in [0, 0.1) is 0 Å². The molecule has 0 amide bonds. The molecule has 8 heteroatoms. The number of para-hydroxylation sites is 2. The van der Waals surface area contributed by atoms with Crippen LogP contribution in [0.25, 0.3) is 23.3 Å². The number of hydrogen-bond acceptors (Lipinski definition) is 2. The van der Waals surface area contributed by atoms with Gasteiger partial charge in [-0.05, 0) is 36.8 Å². The van der Waals surface area contributed by atoms with E-state index >= 15 is 0 Å². The van der Waals surface area contributed by atoms with E-state index in [0.29, 0.717) is 0 Å². The van der Waals surface area contributed by atoms with Crippen molar-refractivity contribution in [1.82, 2.24) is 0 Å². The fraction of sp³-hybridized carbons (Fsp3) is 0.211. The Labute approximate surface area is 155 Å². The fourth-order valence-corrected chi connectivity index (χ4v) is 2.55. The summed E-state index contributed by atoms with van der Waals surface area (Å²) in [5, 5.41) is 0. The molecule has 0 unspecified atom stereocenters. The number of oxazole rings is 1. The molecule has 3 nitrogen and oxygen atoms in total. The van der Waals surface area contributed by atoms with E-state index in [4.69, 9.17) is 4.42 Å². The number of hydrogen-bond donors (Lipinski definition) is 0. The summed E-state index contributed by atoms with van der Waals surface area (Å²) in [6, 6.07) is 16.6. The van der Waals surface area contributed by atoms with E-state index in [-0.39, 0.29) is 0 Å². The molecule has 144 valence electrons. The number of rotatable bonds is 4. The lowest BCUT2D eigenvalue weighted by atomic mass is 10.2. The van der Waals surface area contributed by atoms with E-state index in [9.17, 15) is 17.3 Å². The number of nitrogens with zero attached hydrogens (tertiary/aromatic N) is 2. The Kier molecular flexibility index (Phi) is 6.66. The van der Waals surface area contributed by atoms with Gasteiger partial charge in [0.2, 0.25) is 5.58 Å². The lowest BCUT2D eigenvalue weighted by Gasteiger charge is -2.11. The second-order valence-electron chi connectivity index (χ2n) is 5.97. The molecule has 0 atom stereocenters. The molecule has 1 heterocycles. The molecule has 0 saturated heterocycles. The molecule has 3 rings (SSSR count). The van der Waals surface area contributed by atoms with Crippen molar-refractivity contribution < 1.29 is 26.2 Å². The van der Waals surface area contributed by atoms with Crippen LogP contribution in [0.1, 0.15) is 18.4 Å². The SMILES string of the molecule is CC[n+]1c(C=Cc2ccc(N(C)C)cc2)oc2ccccc21.F[B-](F)(F)F. The van der Waals surface area contributed by atoms with Gasteiger partial charge in [-0.15, -0.1) is 0 Å². The van der Waals surface area contributed by atoms with Crippen LogP contribution in [0.15, 0.2) is 52.9 Å². The van der Waals surface area contributed by atoms with Crippen LogP contribution >= 0.6 is 0 Å². The van der Waals surface area contributed by atoms with Crippen molar-refractivity contribution in [2.24, 2.45) is 0 Å². The standard InChI is InChI=1S/C19H21N2O.BF4/c1-4-21-17-7-5-6-8-18(17)22-19(21)14-11-15-9-12-16(13-10-15)20(2)3;2-1(3,4)5/h5-14H,4H2,1-3H3;/q+1;-1. The summed E-state index contributed by atoms with van der Waals surface area (Å²) in [6.45, 7) is 3.02. The minimum atomic E-state index is -6.00. The molecule has 1 aromatic heterocycles. The summed E-state index contributed by atoms with van der Waals surface area (Å²) in [4.78, 5) is 2.10. The van der Waals surface area contributed by atoms with Crippen molar-refractivity contribution in [3.05, 3.63) is 60.0 Å². The van der Waals surface area contributed by atoms with Crippen LogP contribution < -0.4 is 9.47 Å². The van der Waals surface area contributed by atoms with Crippen molar-refractivity contribution in [3.63, 3.8) is 0 Å². The monoisotopic (exact) mass is 380 g/mol. The van der Waals surface area contributed by atoms with Crippen LogP contribution in [-0.4, -0.2) is 21.3 Å². The number of benzene rings is 2. The highest BCUT2D eigenvalue weighted by Crippen LogP contribution is 2.17. The van der Waals surface area contributed by atoms with Gasteiger partial charge in [0.1, 0.15) is 6.54 Å². The van der Waals surface area contributed by atoms with E-state index in [1.807, 2.05) is 38.4 Å². The minimum Gasteiger partial charge on any atom is -0.418 e. The second-order valence-corrected chi connectivity index (χ2v) is 5.97. The zero-order valence-electron chi connectivity index (χ0n) is 15.4. The maximum Gasteiger partial charge on any atom is 0.673 e. The predicted octanol–water partition coefficient (Wildman–Crippen LogP) is 5.28. The quantitative estimate of drug-likeness (QED) is 0.349. The Balaban J connectivity index is 0.000000465. The van der Waals surface area contributed by atoms with Gasteiger partial charge >= 0.3 is 13.1 Å². The smallest absolute Gasteiger partial charge is 0.418 e. The van der Waals surface area contributed by atoms with Crippen LogP contribution in [0.5, 0.6) is 0 Å². The van der Waals surface area contributed by atoms with Gasteiger partial charge in [0.05, 0.1) is 6.08 Å². The lowest BCUT2D eigenvalue weighted by Crippen LogP contribution is -2.33. The summed E-state index contributed by atoms with van der Waals surface area (Å²) in [5.41, 5.74) is 4.41.